The molecule has 4 rings (SSSR count). The molecule has 21 heavy (non-hydrogen) atoms. The van der Waals surface area contributed by atoms with Gasteiger partial charge in [0.05, 0.1) is 29.9 Å². The monoisotopic (exact) mass is 283 g/mol. The number of fused-ring (bicyclic) bond motifs is 1. The van der Waals surface area contributed by atoms with Crippen LogP contribution in [0, 0.1) is 0 Å². The molecule has 3 aromatic rings. The van der Waals surface area contributed by atoms with E-state index >= 15 is 0 Å². The fourth-order valence-electron chi connectivity index (χ4n) is 2.72. The van der Waals surface area contributed by atoms with Crippen molar-refractivity contribution in [3.63, 3.8) is 0 Å². The van der Waals surface area contributed by atoms with Crippen molar-refractivity contribution in [2.24, 2.45) is 7.05 Å². The van der Waals surface area contributed by atoms with Gasteiger partial charge in [0, 0.05) is 19.2 Å². The van der Waals surface area contributed by atoms with Crippen molar-refractivity contribution in [2.75, 3.05) is 12.8 Å². The van der Waals surface area contributed by atoms with E-state index in [1.165, 1.54) is 12.8 Å². The van der Waals surface area contributed by atoms with Crippen LogP contribution in [-0.4, -0.2) is 26.4 Å². The number of anilines is 1. The third-order valence-corrected chi connectivity index (χ3v) is 4.03. The molecule has 0 aliphatic heterocycles. The van der Waals surface area contributed by atoms with E-state index in [2.05, 4.69) is 15.7 Å². The van der Waals surface area contributed by atoms with Crippen LogP contribution in [0.2, 0.25) is 0 Å². The zero-order valence-electron chi connectivity index (χ0n) is 12.1. The second-order valence-corrected chi connectivity index (χ2v) is 5.46. The number of methoxy groups -OCH3 is 1. The molecule has 6 nitrogen and oxygen atoms in total. The van der Waals surface area contributed by atoms with Gasteiger partial charge < -0.3 is 15.0 Å². The fourth-order valence-corrected chi connectivity index (χ4v) is 2.72. The van der Waals surface area contributed by atoms with Crippen LogP contribution in [0.3, 0.4) is 0 Å². The quantitative estimate of drug-likeness (QED) is 0.801. The molecular formula is C15H17N5O. The summed E-state index contributed by atoms with van der Waals surface area (Å²) in [5.74, 6) is 2.35. The largest absolute Gasteiger partial charge is 0.497 e. The summed E-state index contributed by atoms with van der Waals surface area (Å²) in [6.45, 7) is 0. The van der Waals surface area contributed by atoms with E-state index < -0.39 is 0 Å². The molecule has 2 heterocycles. The van der Waals surface area contributed by atoms with E-state index in [1.54, 1.807) is 18.0 Å². The number of aromatic nitrogens is 4. The predicted molar refractivity (Wildman–Crippen MR) is 81.2 cm³/mol. The van der Waals surface area contributed by atoms with Crippen LogP contribution in [-0.2, 0) is 7.05 Å². The topological polar surface area (TPSA) is 70.9 Å². The molecular weight excluding hydrogens is 266 g/mol. The van der Waals surface area contributed by atoms with E-state index in [1.807, 2.05) is 19.2 Å². The molecule has 0 amide bonds. The Kier molecular flexibility index (Phi) is 2.48. The number of nitrogen functional groups attached to an aromatic ring is 1. The molecule has 1 saturated carbocycles. The maximum atomic E-state index is 6.12. The second-order valence-electron chi connectivity index (χ2n) is 5.46. The summed E-state index contributed by atoms with van der Waals surface area (Å²) >= 11 is 0. The number of imidazole rings is 1. The van der Waals surface area contributed by atoms with Gasteiger partial charge in [0.15, 0.2) is 0 Å². The molecule has 6 heteroatoms. The van der Waals surface area contributed by atoms with E-state index in [0.29, 0.717) is 11.9 Å². The molecule has 1 aromatic carbocycles. The lowest BCUT2D eigenvalue weighted by Gasteiger charge is -2.07. The van der Waals surface area contributed by atoms with Gasteiger partial charge in [0.1, 0.15) is 17.4 Å². The first-order chi connectivity index (χ1) is 10.2. The lowest BCUT2D eigenvalue weighted by molar-refractivity contribution is 0.415. The first-order valence-corrected chi connectivity index (χ1v) is 7.03. The maximum absolute atomic E-state index is 6.12. The SMILES string of the molecule is COc1ccc2c(c1)nc(-c1cnn(C)c1N)n2C1CC1. The van der Waals surface area contributed by atoms with Gasteiger partial charge in [-0.1, -0.05) is 0 Å². The first-order valence-electron chi connectivity index (χ1n) is 7.03. The Hall–Kier alpha value is -2.50. The summed E-state index contributed by atoms with van der Waals surface area (Å²) in [4.78, 5) is 4.78. The van der Waals surface area contributed by atoms with Crippen LogP contribution < -0.4 is 10.5 Å². The molecule has 0 saturated heterocycles. The van der Waals surface area contributed by atoms with Gasteiger partial charge in [0.25, 0.3) is 0 Å². The number of hydrogen-bond donors (Lipinski definition) is 1. The van der Waals surface area contributed by atoms with Crippen LogP contribution in [0.15, 0.2) is 24.4 Å². The van der Waals surface area contributed by atoms with Gasteiger partial charge in [-0.15, -0.1) is 0 Å². The number of rotatable bonds is 3. The van der Waals surface area contributed by atoms with Crippen molar-refractivity contribution in [1.82, 2.24) is 19.3 Å². The van der Waals surface area contributed by atoms with Crippen molar-refractivity contribution in [3.8, 4) is 17.1 Å². The Bertz CT molecular complexity index is 828. The highest BCUT2D eigenvalue weighted by molar-refractivity contribution is 5.84. The molecule has 0 unspecified atom stereocenters. The molecule has 0 bridgehead atoms. The highest BCUT2D eigenvalue weighted by Crippen LogP contribution is 2.42. The van der Waals surface area contributed by atoms with Gasteiger partial charge in [0.2, 0.25) is 0 Å². The van der Waals surface area contributed by atoms with Crippen molar-refractivity contribution in [2.45, 2.75) is 18.9 Å². The Balaban J connectivity index is 1.99. The Morgan fingerprint density at radius 1 is 1.33 bits per heavy atom. The minimum absolute atomic E-state index is 0.512. The van der Waals surface area contributed by atoms with Gasteiger partial charge in [-0.2, -0.15) is 5.10 Å². The summed E-state index contributed by atoms with van der Waals surface area (Å²) < 4.78 is 9.24. The molecule has 0 spiro atoms. The predicted octanol–water partition coefficient (Wildman–Crippen LogP) is 2.36. The molecule has 0 atom stereocenters. The van der Waals surface area contributed by atoms with Crippen molar-refractivity contribution >= 4 is 16.9 Å². The van der Waals surface area contributed by atoms with Gasteiger partial charge in [-0.3, -0.25) is 4.68 Å². The van der Waals surface area contributed by atoms with Crippen LogP contribution in [0.25, 0.3) is 22.4 Å². The standard InChI is InChI=1S/C15H17N5O/c1-19-14(16)11(8-17-19)15-18-12-7-10(21-2)5-6-13(12)20(15)9-3-4-9/h5-9H,3-4,16H2,1-2H3. The van der Waals surface area contributed by atoms with E-state index in [9.17, 15) is 0 Å². The number of hydrogen-bond acceptors (Lipinski definition) is 4. The molecule has 108 valence electrons. The second kappa shape index (κ2) is 4.25. The maximum Gasteiger partial charge on any atom is 0.146 e. The van der Waals surface area contributed by atoms with Crippen molar-refractivity contribution in [3.05, 3.63) is 24.4 Å². The molecule has 0 radical (unpaired) electrons. The van der Waals surface area contributed by atoms with E-state index in [4.69, 9.17) is 15.5 Å². The van der Waals surface area contributed by atoms with Gasteiger partial charge in [-0.05, 0) is 25.0 Å². The minimum Gasteiger partial charge on any atom is -0.497 e. The average Bonchev–Trinajstić information content (AvgIpc) is 3.19. The molecule has 2 N–H and O–H groups in total. The molecule has 1 aliphatic carbocycles. The summed E-state index contributed by atoms with van der Waals surface area (Å²) in [5, 5.41) is 4.23. The van der Waals surface area contributed by atoms with Crippen LogP contribution in [0.5, 0.6) is 5.75 Å². The first kappa shape index (κ1) is 12.3. The van der Waals surface area contributed by atoms with Crippen LogP contribution in [0.1, 0.15) is 18.9 Å². The van der Waals surface area contributed by atoms with Crippen molar-refractivity contribution in [1.29, 1.82) is 0 Å². The number of aryl methyl sites for hydroxylation is 1. The van der Waals surface area contributed by atoms with E-state index in [-0.39, 0.29) is 0 Å². The number of nitrogens with zero attached hydrogens (tertiary/aromatic N) is 4. The number of benzene rings is 1. The zero-order chi connectivity index (χ0) is 14.6. The summed E-state index contributed by atoms with van der Waals surface area (Å²) in [5.41, 5.74) is 9.06. The Morgan fingerprint density at radius 3 is 2.76 bits per heavy atom. The third-order valence-electron chi connectivity index (χ3n) is 4.03. The summed E-state index contributed by atoms with van der Waals surface area (Å²) in [6, 6.07) is 6.51. The van der Waals surface area contributed by atoms with Crippen LogP contribution in [0.4, 0.5) is 5.82 Å². The average molecular weight is 283 g/mol. The highest BCUT2D eigenvalue weighted by Gasteiger charge is 2.30. The lowest BCUT2D eigenvalue weighted by atomic mass is 10.3. The highest BCUT2D eigenvalue weighted by atomic mass is 16.5. The Morgan fingerprint density at radius 2 is 2.14 bits per heavy atom. The molecule has 1 fully saturated rings. The Labute approximate surface area is 122 Å². The normalized spacial score (nSPS) is 14.8. The van der Waals surface area contributed by atoms with Crippen LogP contribution >= 0.6 is 0 Å². The van der Waals surface area contributed by atoms with Gasteiger partial charge in [-0.25, -0.2) is 4.98 Å². The van der Waals surface area contributed by atoms with E-state index in [0.717, 1.165) is 28.2 Å². The number of nitrogens with two attached hydrogens (primary N) is 1. The molecule has 1 aliphatic rings. The zero-order valence-corrected chi connectivity index (χ0v) is 12.1. The smallest absolute Gasteiger partial charge is 0.146 e. The fraction of sp³-hybridized carbons (Fsp3) is 0.333. The molecule has 2 aromatic heterocycles. The van der Waals surface area contributed by atoms with Gasteiger partial charge >= 0.3 is 0 Å². The van der Waals surface area contributed by atoms with Crippen molar-refractivity contribution < 1.29 is 4.74 Å². The lowest BCUT2D eigenvalue weighted by Crippen LogP contribution is -2.01. The minimum atomic E-state index is 0.512. The summed E-state index contributed by atoms with van der Waals surface area (Å²) in [7, 11) is 3.51. The third kappa shape index (κ3) is 1.79. The summed E-state index contributed by atoms with van der Waals surface area (Å²) in [6.07, 6.45) is 4.15. The number of ether oxygens (including phenoxy) is 1.